The molecule has 0 heterocycles. The molecular weight excluding hydrogens is 255 g/mol. The highest BCUT2D eigenvalue weighted by Gasteiger charge is 2.16. The summed E-state index contributed by atoms with van der Waals surface area (Å²) in [5, 5.41) is 2.75. The summed E-state index contributed by atoms with van der Waals surface area (Å²) >= 11 is 0. The molecule has 0 saturated heterocycles. The first kappa shape index (κ1) is 16.4. The van der Waals surface area contributed by atoms with Gasteiger partial charge in [0.2, 0.25) is 5.91 Å². The van der Waals surface area contributed by atoms with Crippen LogP contribution in [0.2, 0.25) is 0 Å². The quantitative estimate of drug-likeness (QED) is 0.800. The molecule has 1 amide bonds. The van der Waals surface area contributed by atoms with Crippen LogP contribution >= 0.6 is 0 Å². The molecule has 110 valence electrons. The number of nitrogens with zero attached hydrogens (tertiary/aromatic N) is 1. The summed E-state index contributed by atoms with van der Waals surface area (Å²) in [7, 11) is 7.18. The van der Waals surface area contributed by atoms with E-state index in [-0.39, 0.29) is 11.7 Å². The second-order valence-electron chi connectivity index (χ2n) is 5.06. The van der Waals surface area contributed by atoms with Crippen molar-refractivity contribution in [3.05, 3.63) is 41.2 Å². The van der Waals surface area contributed by atoms with Gasteiger partial charge in [-0.2, -0.15) is 0 Å². The van der Waals surface area contributed by atoms with Gasteiger partial charge in [-0.25, -0.2) is 4.39 Å². The number of hydrogen-bond donors (Lipinski definition) is 1. The number of benzene rings is 1. The second kappa shape index (κ2) is 7.80. The maximum Gasteiger partial charge on any atom is 0.246 e. The van der Waals surface area contributed by atoms with Crippen molar-refractivity contribution in [2.24, 2.45) is 0 Å². The van der Waals surface area contributed by atoms with E-state index in [1.165, 1.54) is 17.0 Å². The molecule has 0 unspecified atom stereocenters. The molecule has 4 heteroatoms. The van der Waals surface area contributed by atoms with E-state index in [1.807, 2.05) is 20.2 Å². The van der Waals surface area contributed by atoms with Crippen LogP contribution in [-0.4, -0.2) is 39.0 Å². The van der Waals surface area contributed by atoms with E-state index < -0.39 is 0 Å². The molecule has 0 aliphatic heterocycles. The van der Waals surface area contributed by atoms with Gasteiger partial charge < -0.3 is 10.2 Å². The monoisotopic (exact) mass is 278 g/mol. The van der Waals surface area contributed by atoms with E-state index in [2.05, 4.69) is 5.32 Å². The van der Waals surface area contributed by atoms with Crippen LogP contribution < -0.4 is 5.32 Å². The predicted molar refractivity (Wildman–Crippen MR) is 81.0 cm³/mol. The predicted octanol–water partition coefficient (Wildman–Crippen LogP) is 2.47. The minimum atomic E-state index is -0.242. The van der Waals surface area contributed by atoms with Crippen molar-refractivity contribution < 1.29 is 9.18 Å². The maximum absolute atomic E-state index is 13.2. The highest BCUT2D eigenvalue weighted by Crippen LogP contribution is 2.31. The number of amides is 1. The van der Waals surface area contributed by atoms with Crippen LogP contribution in [-0.2, 0) is 11.2 Å². The molecule has 1 aliphatic carbocycles. The number of hydrogen-bond acceptors (Lipinski definition) is 2. The second-order valence-corrected chi connectivity index (χ2v) is 5.06. The zero-order chi connectivity index (χ0) is 15.1. The third-order valence-corrected chi connectivity index (χ3v) is 3.05. The largest absolute Gasteiger partial charge is 0.345 e. The molecule has 0 fully saturated rings. The van der Waals surface area contributed by atoms with Gasteiger partial charge in [0.05, 0.1) is 0 Å². The zero-order valence-corrected chi connectivity index (χ0v) is 12.7. The fourth-order valence-corrected chi connectivity index (χ4v) is 2.10. The summed E-state index contributed by atoms with van der Waals surface area (Å²) in [6.45, 7) is 0. The summed E-state index contributed by atoms with van der Waals surface area (Å²) in [5.41, 5.74) is 2.98. The Morgan fingerprint density at radius 1 is 1.30 bits per heavy atom. The highest BCUT2D eigenvalue weighted by atomic mass is 19.1. The minimum absolute atomic E-state index is 0.0443. The van der Waals surface area contributed by atoms with Crippen molar-refractivity contribution in [2.45, 2.75) is 19.3 Å². The summed E-state index contributed by atoms with van der Waals surface area (Å²) in [6.07, 6.45) is 4.45. The van der Waals surface area contributed by atoms with Gasteiger partial charge >= 0.3 is 0 Å². The third-order valence-electron chi connectivity index (χ3n) is 3.05. The molecule has 1 aromatic rings. The average Bonchev–Trinajstić information content (AvgIpc) is 2.40. The number of nitrogens with one attached hydrogen (secondary N) is 1. The smallest absolute Gasteiger partial charge is 0.246 e. The molecule has 0 radical (unpaired) electrons. The number of halogens is 1. The fourth-order valence-electron chi connectivity index (χ4n) is 2.10. The summed E-state index contributed by atoms with van der Waals surface area (Å²) in [6, 6.07) is 4.83. The van der Waals surface area contributed by atoms with Crippen LogP contribution in [0.25, 0.3) is 5.57 Å². The number of aryl methyl sites for hydroxylation is 1. The summed E-state index contributed by atoms with van der Waals surface area (Å²) < 4.78 is 13.2. The van der Waals surface area contributed by atoms with Gasteiger partial charge in [-0.05, 0) is 62.2 Å². The molecule has 1 aliphatic rings. The Kier molecular flexibility index (Phi) is 6.39. The number of allylic oxidation sites excluding steroid dienone is 1. The van der Waals surface area contributed by atoms with Gasteiger partial charge in [-0.1, -0.05) is 6.07 Å². The van der Waals surface area contributed by atoms with Crippen molar-refractivity contribution in [2.75, 3.05) is 28.2 Å². The topological polar surface area (TPSA) is 32.3 Å². The molecule has 0 spiro atoms. The highest BCUT2D eigenvalue weighted by molar-refractivity contribution is 5.95. The SMILES string of the molecule is CN(C)C(=O)C=C1CCCc2ccc(F)cc21.CNC. The lowest BCUT2D eigenvalue weighted by Gasteiger charge is -2.19. The number of carbonyl (C=O) groups excluding carboxylic acids is 1. The van der Waals surface area contributed by atoms with E-state index >= 15 is 0 Å². The van der Waals surface area contributed by atoms with Crippen molar-refractivity contribution >= 4 is 11.5 Å². The molecule has 0 saturated carbocycles. The van der Waals surface area contributed by atoms with Gasteiger partial charge in [0, 0.05) is 20.2 Å². The van der Waals surface area contributed by atoms with Crippen LogP contribution in [0.5, 0.6) is 0 Å². The Labute approximate surface area is 120 Å². The lowest BCUT2D eigenvalue weighted by molar-refractivity contribution is -0.123. The van der Waals surface area contributed by atoms with Crippen molar-refractivity contribution in [3.63, 3.8) is 0 Å². The lowest BCUT2D eigenvalue weighted by atomic mass is 9.87. The standard InChI is InChI=1S/C14H16FNO.C2H7N/c1-16(2)14(17)8-11-5-3-4-10-6-7-12(15)9-13(10)11;1-3-2/h6-9H,3-5H2,1-2H3;3H,1-2H3. The average molecular weight is 278 g/mol. The van der Waals surface area contributed by atoms with E-state index in [0.717, 1.165) is 36.0 Å². The van der Waals surface area contributed by atoms with Gasteiger partial charge in [0.1, 0.15) is 5.82 Å². The van der Waals surface area contributed by atoms with E-state index in [4.69, 9.17) is 0 Å². The number of carbonyl (C=O) groups is 1. The fraction of sp³-hybridized carbons (Fsp3) is 0.438. The third kappa shape index (κ3) is 4.46. The lowest BCUT2D eigenvalue weighted by Crippen LogP contribution is -2.19. The van der Waals surface area contributed by atoms with Crippen molar-refractivity contribution in [1.29, 1.82) is 0 Å². The Morgan fingerprint density at radius 2 is 1.95 bits per heavy atom. The van der Waals surface area contributed by atoms with Crippen molar-refractivity contribution in [1.82, 2.24) is 10.2 Å². The summed E-state index contributed by atoms with van der Waals surface area (Å²) in [4.78, 5) is 13.2. The normalized spacial score (nSPS) is 15.2. The molecule has 0 atom stereocenters. The van der Waals surface area contributed by atoms with Crippen LogP contribution in [0.3, 0.4) is 0 Å². The van der Waals surface area contributed by atoms with Gasteiger partial charge in [0.15, 0.2) is 0 Å². The molecular formula is C16H23FN2O. The number of fused-ring (bicyclic) bond motifs is 1. The van der Waals surface area contributed by atoms with Gasteiger partial charge in [0.25, 0.3) is 0 Å². The minimum Gasteiger partial charge on any atom is -0.345 e. The maximum atomic E-state index is 13.2. The molecule has 1 aromatic carbocycles. The van der Waals surface area contributed by atoms with Crippen molar-refractivity contribution in [3.8, 4) is 0 Å². The molecule has 1 N–H and O–H groups in total. The zero-order valence-electron chi connectivity index (χ0n) is 12.7. The Balaban J connectivity index is 0.000000612. The first-order valence-corrected chi connectivity index (χ1v) is 6.78. The molecule has 20 heavy (non-hydrogen) atoms. The number of likely N-dealkylation sites (N-methyl/N-ethyl adjacent to an activating group) is 1. The Morgan fingerprint density at radius 3 is 2.55 bits per heavy atom. The van der Waals surface area contributed by atoms with Crippen LogP contribution in [0.4, 0.5) is 4.39 Å². The van der Waals surface area contributed by atoms with Crippen LogP contribution in [0, 0.1) is 5.82 Å². The van der Waals surface area contributed by atoms with Crippen LogP contribution in [0.15, 0.2) is 24.3 Å². The molecule has 0 bridgehead atoms. The molecule has 3 nitrogen and oxygen atoms in total. The van der Waals surface area contributed by atoms with Gasteiger partial charge in [-0.3, -0.25) is 4.79 Å². The van der Waals surface area contributed by atoms with Crippen LogP contribution in [0.1, 0.15) is 24.0 Å². The first-order valence-electron chi connectivity index (χ1n) is 6.78. The first-order chi connectivity index (χ1) is 9.49. The van der Waals surface area contributed by atoms with Gasteiger partial charge in [-0.15, -0.1) is 0 Å². The van der Waals surface area contributed by atoms with E-state index in [9.17, 15) is 9.18 Å². The summed E-state index contributed by atoms with van der Waals surface area (Å²) in [5.74, 6) is -0.286. The van der Waals surface area contributed by atoms with E-state index in [1.54, 1.807) is 20.2 Å². The number of rotatable bonds is 1. The molecule has 2 rings (SSSR count). The molecule has 0 aromatic heterocycles. The van der Waals surface area contributed by atoms with E-state index in [0.29, 0.717) is 0 Å². The Hall–Kier alpha value is -1.68. The Bertz CT molecular complexity index is 495.